The zero-order chi connectivity index (χ0) is 20.4. The Kier molecular flexibility index (Phi) is 5.34. The van der Waals surface area contributed by atoms with Crippen molar-refractivity contribution in [2.45, 2.75) is 32.5 Å². The summed E-state index contributed by atoms with van der Waals surface area (Å²) < 4.78 is 11.4. The molecule has 0 aliphatic carbocycles. The maximum absolute atomic E-state index is 12.9. The molecule has 1 N–H and O–H groups in total. The van der Waals surface area contributed by atoms with Gasteiger partial charge in [-0.15, -0.1) is 0 Å². The van der Waals surface area contributed by atoms with Crippen molar-refractivity contribution >= 4 is 17.5 Å². The van der Waals surface area contributed by atoms with Crippen LogP contribution in [0, 0.1) is 13.8 Å². The van der Waals surface area contributed by atoms with Crippen molar-refractivity contribution in [1.82, 2.24) is 9.88 Å². The van der Waals surface area contributed by atoms with E-state index >= 15 is 0 Å². The first-order valence-electron chi connectivity index (χ1n) is 9.89. The van der Waals surface area contributed by atoms with Crippen LogP contribution in [0.15, 0.2) is 36.4 Å². The maximum atomic E-state index is 12.9. The molecule has 4 rings (SSSR count). The van der Waals surface area contributed by atoms with Crippen molar-refractivity contribution in [2.24, 2.45) is 0 Å². The second kappa shape index (κ2) is 7.93. The number of carbonyl (C=O) groups excluding carboxylic acids is 2. The van der Waals surface area contributed by atoms with E-state index in [2.05, 4.69) is 10.3 Å². The molecule has 1 spiro atoms. The van der Waals surface area contributed by atoms with Crippen molar-refractivity contribution in [3.05, 3.63) is 58.9 Å². The Hall–Kier alpha value is -2.77. The Morgan fingerprint density at radius 2 is 1.69 bits per heavy atom. The Labute approximate surface area is 170 Å². The number of hydrogen-bond acceptors (Lipinski definition) is 5. The van der Waals surface area contributed by atoms with Crippen molar-refractivity contribution in [3.63, 3.8) is 0 Å². The summed E-state index contributed by atoms with van der Waals surface area (Å²) in [5.41, 5.74) is 3.43. The van der Waals surface area contributed by atoms with Gasteiger partial charge in [-0.25, -0.2) is 4.98 Å². The van der Waals surface area contributed by atoms with Gasteiger partial charge in [0.05, 0.1) is 13.2 Å². The lowest BCUT2D eigenvalue weighted by molar-refractivity contribution is -0.181. The van der Waals surface area contributed by atoms with Crippen LogP contribution in [-0.2, 0) is 9.47 Å². The molecule has 0 radical (unpaired) electrons. The number of benzene rings is 1. The normalized spacial score (nSPS) is 18.1. The molecule has 1 aromatic heterocycles. The SMILES string of the molecule is Cc1ccc(NC(=O)c2cccc(C(=O)N3CCC4(CC3)OCCO4)n2)cc1C. The summed E-state index contributed by atoms with van der Waals surface area (Å²) in [6.07, 6.45) is 1.29. The van der Waals surface area contributed by atoms with Crippen LogP contribution in [0.4, 0.5) is 5.69 Å². The molecule has 3 heterocycles. The fraction of sp³-hybridized carbons (Fsp3) is 0.409. The first-order valence-corrected chi connectivity index (χ1v) is 9.89. The van der Waals surface area contributed by atoms with E-state index in [0.29, 0.717) is 44.8 Å². The fourth-order valence-corrected chi connectivity index (χ4v) is 3.69. The molecule has 7 heteroatoms. The Bertz CT molecular complexity index is 927. The summed E-state index contributed by atoms with van der Waals surface area (Å²) in [6, 6.07) is 10.7. The number of piperidine rings is 1. The lowest BCUT2D eigenvalue weighted by Crippen LogP contribution is -2.47. The zero-order valence-electron chi connectivity index (χ0n) is 16.7. The molecule has 0 saturated carbocycles. The number of carbonyl (C=O) groups is 2. The average molecular weight is 395 g/mol. The molecule has 1 aromatic carbocycles. The molecule has 2 aliphatic rings. The Balaban J connectivity index is 1.43. The molecule has 2 fully saturated rings. The quantitative estimate of drug-likeness (QED) is 0.864. The van der Waals surface area contributed by atoms with E-state index in [0.717, 1.165) is 11.1 Å². The molecule has 2 aromatic rings. The van der Waals surface area contributed by atoms with E-state index in [1.54, 1.807) is 23.1 Å². The van der Waals surface area contributed by atoms with Gasteiger partial charge in [0.15, 0.2) is 5.79 Å². The number of likely N-dealkylation sites (tertiary alicyclic amines) is 1. The van der Waals surface area contributed by atoms with Crippen molar-refractivity contribution in [1.29, 1.82) is 0 Å². The minimum atomic E-state index is -0.530. The molecule has 0 atom stereocenters. The lowest BCUT2D eigenvalue weighted by Gasteiger charge is -2.37. The smallest absolute Gasteiger partial charge is 0.274 e. The van der Waals surface area contributed by atoms with Gasteiger partial charge in [0, 0.05) is 31.6 Å². The third-order valence-corrected chi connectivity index (χ3v) is 5.59. The summed E-state index contributed by atoms with van der Waals surface area (Å²) >= 11 is 0. The number of rotatable bonds is 3. The van der Waals surface area contributed by atoms with E-state index in [9.17, 15) is 9.59 Å². The third-order valence-electron chi connectivity index (χ3n) is 5.59. The predicted molar refractivity (Wildman–Crippen MR) is 108 cm³/mol. The molecule has 152 valence electrons. The van der Waals surface area contributed by atoms with Gasteiger partial charge < -0.3 is 19.7 Å². The van der Waals surface area contributed by atoms with E-state index in [1.807, 2.05) is 32.0 Å². The monoisotopic (exact) mass is 395 g/mol. The number of amides is 2. The molecular weight excluding hydrogens is 370 g/mol. The number of hydrogen-bond donors (Lipinski definition) is 1. The largest absolute Gasteiger partial charge is 0.347 e. The van der Waals surface area contributed by atoms with Gasteiger partial charge in [-0.2, -0.15) is 0 Å². The standard InChI is InChI=1S/C22H25N3O4/c1-15-6-7-17(14-16(15)2)23-20(26)18-4-3-5-19(24-18)21(27)25-10-8-22(9-11-25)28-12-13-29-22/h3-7,14H,8-13H2,1-2H3,(H,23,26). The molecule has 7 nitrogen and oxygen atoms in total. The van der Waals surface area contributed by atoms with Crippen LogP contribution >= 0.6 is 0 Å². The number of aryl methyl sites for hydroxylation is 2. The van der Waals surface area contributed by atoms with E-state index in [4.69, 9.17) is 9.47 Å². The molecule has 0 unspecified atom stereocenters. The van der Waals surface area contributed by atoms with E-state index in [-0.39, 0.29) is 23.2 Å². The molecule has 2 saturated heterocycles. The molecular formula is C22H25N3O4. The fourth-order valence-electron chi connectivity index (χ4n) is 3.69. The molecule has 29 heavy (non-hydrogen) atoms. The van der Waals surface area contributed by atoms with E-state index in [1.165, 1.54) is 0 Å². The average Bonchev–Trinajstić information content (AvgIpc) is 3.19. The first-order chi connectivity index (χ1) is 14.0. The van der Waals surface area contributed by atoms with Gasteiger partial charge in [0.1, 0.15) is 11.4 Å². The molecule has 2 amide bonds. The number of nitrogens with one attached hydrogen (secondary N) is 1. The summed E-state index contributed by atoms with van der Waals surface area (Å²) in [6.45, 7) is 6.30. The van der Waals surface area contributed by atoms with Crippen molar-refractivity contribution in [3.8, 4) is 0 Å². The van der Waals surface area contributed by atoms with Gasteiger partial charge in [-0.3, -0.25) is 9.59 Å². The first kappa shape index (κ1) is 19.5. The predicted octanol–water partition coefficient (Wildman–Crippen LogP) is 2.93. The van der Waals surface area contributed by atoms with Crippen LogP contribution in [0.3, 0.4) is 0 Å². The highest BCUT2D eigenvalue weighted by atomic mass is 16.7. The number of anilines is 1. The van der Waals surface area contributed by atoms with Gasteiger partial charge in [-0.05, 0) is 49.2 Å². The maximum Gasteiger partial charge on any atom is 0.274 e. The third kappa shape index (κ3) is 4.16. The van der Waals surface area contributed by atoms with Gasteiger partial charge in [0.2, 0.25) is 0 Å². The highest BCUT2D eigenvalue weighted by Gasteiger charge is 2.41. The van der Waals surface area contributed by atoms with Crippen LogP contribution in [0.5, 0.6) is 0 Å². The minimum absolute atomic E-state index is 0.182. The van der Waals surface area contributed by atoms with Gasteiger partial charge >= 0.3 is 0 Å². The number of ether oxygens (including phenoxy) is 2. The van der Waals surface area contributed by atoms with Crippen LogP contribution in [0.2, 0.25) is 0 Å². The second-order valence-corrected chi connectivity index (χ2v) is 7.56. The Morgan fingerprint density at radius 3 is 2.38 bits per heavy atom. The number of pyridine rings is 1. The van der Waals surface area contributed by atoms with Gasteiger partial charge in [-0.1, -0.05) is 12.1 Å². The van der Waals surface area contributed by atoms with E-state index < -0.39 is 5.79 Å². The van der Waals surface area contributed by atoms with Crippen LogP contribution in [0.1, 0.15) is 44.9 Å². The zero-order valence-corrected chi connectivity index (χ0v) is 16.7. The van der Waals surface area contributed by atoms with Gasteiger partial charge in [0.25, 0.3) is 11.8 Å². The van der Waals surface area contributed by atoms with Crippen LogP contribution < -0.4 is 5.32 Å². The summed E-state index contributed by atoms with van der Waals surface area (Å²) in [5, 5.41) is 2.85. The highest BCUT2D eigenvalue weighted by molar-refractivity contribution is 6.03. The summed E-state index contributed by atoms with van der Waals surface area (Å²) in [5.74, 6) is -1.05. The van der Waals surface area contributed by atoms with Crippen molar-refractivity contribution < 1.29 is 19.1 Å². The van der Waals surface area contributed by atoms with Crippen molar-refractivity contribution in [2.75, 3.05) is 31.6 Å². The Morgan fingerprint density at radius 1 is 1.00 bits per heavy atom. The lowest BCUT2D eigenvalue weighted by atomic mass is 10.0. The highest BCUT2D eigenvalue weighted by Crippen LogP contribution is 2.31. The number of aromatic nitrogens is 1. The summed E-state index contributed by atoms with van der Waals surface area (Å²) in [4.78, 5) is 31.5. The second-order valence-electron chi connectivity index (χ2n) is 7.56. The van der Waals surface area contributed by atoms with Crippen LogP contribution in [0.25, 0.3) is 0 Å². The summed E-state index contributed by atoms with van der Waals surface area (Å²) in [7, 11) is 0. The molecule has 2 aliphatic heterocycles. The number of nitrogens with zero attached hydrogens (tertiary/aromatic N) is 2. The molecule has 0 bridgehead atoms. The topological polar surface area (TPSA) is 80.8 Å². The minimum Gasteiger partial charge on any atom is -0.347 e. The van der Waals surface area contributed by atoms with Crippen LogP contribution in [-0.4, -0.2) is 53.8 Å².